The van der Waals surface area contributed by atoms with Crippen molar-refractivity contribution in [1.29, 1.82) is 0 Å². The monoisotopic (exact) mass is 434 g/mol. The van der Waals surface area contributed by atoms with Crippen LogP contribution in [0.1, 0.15) is 19.4 Å². The molecule has 3 rings (SSSR count). The van der Waals surface area contributed by atoms with E-state index in [1.54, 1.807) is 32.0 Å². The third-order valence-electron chi connectivity index (χ3n) is 4.46. The van der Waals surface area contributed by atoms with E-state index < -0.39 is 14.9 Å². The number of hydrogen-bond donors (Lipinski definition) is 1. The van der Waals surface area contributed by atoms with Gasteiger partial charge in [-0.05, 0) is 29.8 Å². The molecule has 0 aromatic heterocycles. The summed E-state index contributed by atoms with van der Waals surface area (Å²) in [5.41, 5.74) is 3.22. The first kappa shape index (κ1) is 21.5. The van der Waals surface area contributed by atoms with Crippen molar-refractivity contribution in [3.8, 4) is 11.5 Å². The van der Waals surface area contributed by atoms with E-state index in [0.29, 0.717) is 30.3 Å². The van der Waals surface area contributed by atoms with Crippen LogP contribution in [-0.4, -0.2) is 50.2 Å². The highest BCUT2D eigenvalue weighted by atomic mass is 32.2. The minimum Gasteiger partial charge on any atom is -0.486 e. The van der Waals surface area contributed by atoms with E-state index in [1.165, 1.54) is 22.7 Å². The lowest BCUT2D eigenvalue weighted by atomic mass is 10.2. The number of sulfonamides is 1. The molecular formula is C19H22N4O6S. The zero-order valence-corrected chi connectivity index (χ0v) is 17.4. The molecule has 160 valence electrons. The van der Waals surface area contributed by atoms with E-state index in [0.717, 1.165) is 6.07 Å². The number of hydrazone groups is 1. The van der Waals surface area contributed by atoms with Gasteiger partial charge in [-0.15, -0.1) is 0 Å². The third kappa shape index (κ3) is 4.52. The van der Waals surface area contributed by atoms with Gasteiger partial charge in [-0.1, -0.05) is 13.8 Å². The molecule has 2 aromatic rings. The highest BCUT2D eigenvalue weighted by Crippen LogP contribution is 2.31. The number of ether oxygens (including phenoxy) is 2. The van der Waals surface area contributed by atoms with Crippen molar-refractivity contribution in [2.24, 2.45) is 5.10 Å². The summed E-state index contributed by atoms with van der Waals surface area (Å²) in [5.74, 6) is 1.25. The van der Waals surface area contributed by atoms with Gasteiger partial charge in [0.05, 0.1) is 16.8 Å². The first-order valence-electron chi connectivity index (χ1n) is 9.34. The maximum Gasteiger partial charge on any atom is 0.270 e. The first-order valence-corrected chi connectivity index (χ1v) is 10.8. The number of fused-ring (bicyclic) bond motifs is 1. The van der Waals surface area contributed by atoms with E-state index in [9.17, 15) is 18.5 Å². The molecule has 1 aliphatic rings. The minimum absolute atomic E-state index is 0.140. The van der Waals surface area contributed by atoms with Crippen molar-refractivity contribution < 1.29 is 22.8 Å². The Hall–Kier alpha value is -3.18. The number of nitro groups is 1. The van der Waals surface area contributed by atoms with Gasteiger partial charge in [0, 0.05) is 25.2 Å². The Labute approximate surface area is 174 Å². The number of nitro benzene ring substituents is 1. The van der Waals surface area contributed by atoms with Gasteiger partial charge in [-0.25, -0.2) is 8.42 Å². The molecule has 0 aliphatic carbocycles. The lowest BCUT2D eigenvalue weighted by molar-refractivity contribution is -0.385. The van der Waals surface area contributed by atoms with Gasteiger partial charge in [-0.2, -0.15) is 9.41 Å². The van der Waals surface area contributed by atoms with Crippen LogP contribution >= 0.6 is 0 Å². The van der Waals surface area contributed by atoms with Crippen LogP contribution < -0.4 is 14.9 Å². The third-order valence-corrected chi connectivity index (χ3v) is 6.55. The maximum absolute atomic E-state index is 13.0. The highest BCUT2D eigenvalue weighted by molar-refractivity contribution is 7.89. The Morgan fingerprint density at radius 2 is 1.83 bits per heavy atom. The van der Waals surface area contributed by atoms with Crippen LogP contribution in [0.3, 0.4) is 0 Å². The number of non-ortho nitro benzene ring substituents is 1. The van der Waals surface area contributed by atoms with Crippen LogP contribution in [0.5, 0.6) is 11.5 Å². The summed E-state index contributed by atoms with van der Waals surface area (Å²) in [6.45, 7) is 4.83. The lowest BCUT2D eigenvalue weighted by Gasteiger charge is -2.20. The molecule has 2 aromatic carbocycles. The second-order valence-electron chi connectivity index (χ2n) is 6.30. The van der Waals surface area contributed by atoms with E-state index in [1.807, 2.05) is 0 Å². The van der Waals surface area contributed by atoms with Gasteiger partial charge < -0.3 is 9.47 Å². The van der Waals surface area contributed by atoms with Crippen LogP contribution in [0.15, 0.2) is 46.4 Å². The van der Waals surface area contributed by atoms with Gasteiger partial charge in [-0.3, -0.25) is 15.5 Å². The fourth-order valence-corrected chi connectivity index (χ4v) is 4.57. The summed E-state index contributed by atoms with van der Waals surface area (Å²) in [4.78, 5) is 10.3. The molecule has 0 bridgehead atoms. The Morgan fingerprint density at radius 3 is 2.50 bits per heavy atom. The molecule has 1 heterocycles. The molecule has 11 heteroatoms. The van der Waals surface area contributed by atoms with Crippen molar-refractivity contribution >= 4 is 27.6 Å². The summed E-state index contributed by atoms with van der Waals surface area (Å²) >= 11 is 0. The lowest BCUT2D eigenvalue weighted by Crippen LogP contribution is -2.31. The van der Waals surface area contributed by atoms with Crippen molar-refractivity contribution in [1.82, 2.24) is 4.31 Å². The number of nitrogens with one attached hydrogen (secondary N) is 1. The van der Waals surface area contributed by atoms with Crippen molar-refractivity contribution in [3.05, 3.63) is 52.1 Å². The van der Waals surface area contributed by atoms with E-state index in [4.69, 9.17) is 9.47 Å². The summed E-state index contributed by atoms with van der Waals surface area (Å²) in [5, 5.41) is 15.2. The van der Waals surface area contributed by atoms with Gasteiger partial charge in [0.2, 0.25) is 10.0 Å². The zero-order valence-electron chi connectivity index (χ0n) is 16.6. The smallest absolute Gasteiger partial charge is 0.270 e. The van der Waals surface area contributed by atoms with E-state index in [2.05, 4.69) is 10.5 Å². The van der Waals surface area contributed by atoms with E-state index in [-0.39, 0.29) is 29.4 Å². The largest absolute Gasteiger partial charge is 0.486 e. The highest BCUT2D eigenvalue weighted by Gasteiger charge is 2.27. The second-order valence-corrected chi connectivity index (χ2v) is 8.21. The zero-order chi connectivity index (χ0) is 21.7. The van der Waals surface area contributed by atoms with Crippen molar-refractivity contribution in [3.63, 3.8) is 0 Å². The molecule has 0 saturated heterocycles. The van der Waals surface area contributed by atoms with E-state index >= 15 is 0 Å². The molecule has 0 amide bonds. The van der Waals surface area contributed by atoms with Crippen LogP contribution in [-0.2, 0) is 10.0 Å². The summed E-state index contributed by atoms with van der Waals surface area (Å²) < 4.78 is 38.1. The van der Waals surface area contributed by atoms with Gasteiger partial charge >= 0.3 is 0 Å². The fourth-order valence-electron chi connectivity index (χ4n) is 2.95. The summed E-state index contributed by atoms with van der Waals surface area (Å²) in [6, 6.07) is 8.89. The predicted molar refractivity (Wildman–Crippen MR) is 112 cm³/mol. The molecule has 0 saturated carbocycles. The molecule has 1 N–H and O–H groups in total. The SMILES string of the molecule is CCN(CC)S(=O)(=O)c1cc([N+](=O)[O-])ccc1NN=Cc1ccc2c(c1)OCCO2. The van der Waals surface area contributed by atoms with Crippen LogP contribution in [0.2, 0.25) is 0 Å². The summed E-state index contributed by atoms with van der Waals surface area (Å²) in [6.07, 6.45) is 1.49. The maximum atomic E-state index is 13.0. The van der Waals surface area contributed by atoms with Crippen LogP contribution in [0.25, 0.3) is 0 Å². The molecule has 0 spiro atoms. The Kier molecular flexibility index (Phi) is 6.53. The molecule has 10 nitrogen and oxygen atoms in total. The predicted octanol–water partition coefficient (Wildman–Crippen LogP) is 2.84. The van der Waals surface area contributed by atoms with Crippen LogP contribution in [0.4, 0.5) is 11.4 Å². The topological polar surface area (TPSA) is 123 Å². The van der Waals surface area contributed by atoms with Gasteiger partial charge in [0.25, 0.3) is 5.69 Å². The minimum atomic E-state index is -3.94. The molecule has 0 atom stereocenters. The van der Waals surface area contributed by atoms with Crippen LogP contribution in [0, 0.1) is 10.1 Å². The molecule has 1 aliphatic heterocycles. The number of benzene rings is 2. The molecule has 0 radical (unpaired) electrons. The Bertz CT molecular complexity index is 1070. The van der Waals surface area contributed by atoms with Crippen molar-refractivity contribution in [2.45, 2.75) is 18.7 Å². The number of nitrogens with zero attached hydrogens (tertiary/aromatic N) is 3. The number of rotatable bonds is 8. The molecule has 0 unspecified atom stereocenters. The van der Waals surface area contributed by atoms with Gasteiger partial charge in [0.15, 0.2) is 11.5 Å². The molecule has 30 heavy (non-hydrogen) atoms. The fraction of sp³-hybridized carbons (Fsp3) is 0.316. The van der Waals surface area contributed by atoms with Crippen molar-refractivity contribution in [2.75, 3.05) is 31.7 Å². The Balaban J connectivity index is 1.90. The number of anilines is 1. The quantitative estimate of drug-likeness (QED) is 0.385. The average molecular weight is 434 g/mol. The standard InChI is InChI=1S/C19H22N4O6S/c1-3-22(4-2)30(26,27)19-12-15(23(24)25)6-7-16(19)21-20-13-14-5-8-17-18(11-14)29-10-9-28-17/h5-8,11-13,21H,3-4,9-10H2,1-2H3. The second kappa shape index (κ2) is 9.09. The molecule has 0 fully saturated rings. The summed E-state index contributed by atoms with van der Waals surface area (Å²) in [7, 11) is -3.94. The molecular weight excluding hydrogens is 412 g/mol. The number of hydrogen-bond acceptors (Lipinski definition) is 8. The average Bonchev–Trinajstić information content (AvgIpc) is 2.74. The first-order chi connectivity index (χ1) is 14.4. The normalized spacial score (nSPS) is 13.6. The Morgan fingerprint density at radius 1 is 1.13 bits per heavy atom. The van der Waals surface area contributed by atoms with Gasteiger partial charge in [0.1, 0.15) is 18.1 Å².